The second-order valence-corrected chi connectivity index (χ2v) is 9.20. The number of para-hydroxylation sites is 2. The fraction of sp³-hybridized carbons (Fsp3) is 0.417. The van der Waals surface area contributed by atoms with Crippen molar-refractivity contribution in [1.29, 1.82) is 0 Å². The maximum atomic E-state index is 12.1. The van der Waals surface area contributed by atoms with Gasteiger partial charge >= 0.3 is 0 Å². The molecular formula is C24H32N2O4. The number of phenolic OH excluding ortho intramolecular Hbond substituents is 1. The van der Waals surface area contributed by atoms with Crippen LogP contribution in [0.4, 0.5) is 0 Å². The largest absolute Gasteiger partial charge is 0.507 e. The average Bonchev–Trinajstić information content (AvgIpc) is 2.65. The molecule has 0 heterocycles. The van der Waals surface area contributed by atoms with E-state index in [1.54, 1.807) is 31.5 Å². The summed E-state index contributed by atoms with van der Waals surface area (Å²) < 4.78 is 10.7. The van der Waals surface area contributed by atoms with Crippen molar-refractivity contribution in [3.05, 3.63) is 53.1 Å². The topological polar surface area (TPSA) is 80.2 Å². The molecule has 0 aromatic heterocycles. The number of hydrogen-bond donors (Lipinski definition) is 2. The van der Waals surface area contributed by atoms with Gasteiger partial charge in [0.1, 0.15) is 5.75 Å². The lowest BCUT2D eigenvalue weighted by molar-refractivity contribution is -0.123. The predicted molar refractivity (Wildman–Crippen MR) is 120 cm³/mol. The molecule has 2 aromatic rings. The van der Waals surface area contributed by atoms with Gasteiger partial charge in [0.05, 0.1) is 13.3 Å². The summed E-state index contributed by atoms with van der Waals surface area (Å²) in [7, 11) is 1.54. The number of benzene rings is 2. The van der Waals surface area contributed by atoms with Crippen molar-refractivity contribution in [3.8, 4) is 17.2 Å². The predicted octanol–water partition coefficient (Wildman–Crippen LogP) is 4.52. The molecule has 6 nitrogen and oxygen atoms in total. The van der Waals surface area contributed by atoms with Gasteiger partial charge in [0.2, 0.25) is 0 Å². The Morgan fingerprint density at radius 1 is 1.03 bits per heavy atom. The number of nitrogens with one attached hydrogen (secondary N) is 1. The first kappa shape index (κ1) is 23.3. The van der Waals surface area contributed by atoms with Crippen LogP contribution in [-0.4, -0.2) is 30.9 Å². The number of ether oxygens (including phenoxy) is 2. The van der Waals surface area contributed by atoms with E-state index in [0.29, 0.717) is 17.2 Å². The summed E-state index contributed by atoms with van der Waals surface area (Å²) >= 11 is 0. The Morgan fingerprint density at radius 3 is 2.07 bits per heavy atom. The number of methoxy groups -OCH3 is 1. The molecule has 1 amide bonds. The van der Waals surface area contributed by atoms with Gasteiger partial charge in [-0.2, -0.15) is 5.10 Å². The fourth-order valence-corrected chi connectivity index (χ4v) is 2.97. The van der Waals surface area contributed by atoms with E-state index >= 15 is 0 Å². The maximum Gasteiger partial charge on any atom is 0.277 e. The van der Waals surface area contributed by atoms with Gasteiger partial charge in [0.15, 0.2) is 18.1 Å². The van der Waals surface area contributed by atoms with Crippen molar-refractivity contribution in [1.82, 2.24) is 5.43 Å². The molecule has 0 saturated heterocycles. The van der Waals surface area contributed by atoms with Crippen LogP contribution in [0.15, 0.2) is 41.5 Å². The van der Waals surface area contributed by atoms with Crippen LogP contribution in [0.5, 0.6) is 17.2 Å². The van der Waals surface area contributed by atoms with E-state index in [9.17, 15) is 9.90 Å². The summed E-state index contributed by atoms with van der Waals surface area (Å²) in [5.74, 6) is 0.967. The van der Waals surface area contributed by atoms with Crippen molar-refractivity contribution in [2.75, 3.05) is 13.7 Å². The van der Waals surface area contributed by atoms with Gasteiger partial charge in [-0.1, -0.05) is 53.7 Å². The Balaban J connectivity index is 2.12. The van der Waals surface area contributed by atoms with Crippen LogP contribution >= 0.6 is 0 Å². The molecule has 30 heavy (non-hydrogen) atoms. The van der Waals surface area contributed by atoms with Crippen LogP contribution in [0.1, 0.15) is 58.2 Å². The van der Waals surface area contributed by atoms with Gasteiger partial charge in [-0.25, -0.2) is 5.43 Å². The normalized spacial score (nSPS) is 12.1. The molecule has 0 fully saturated rings. The van der Waals surface area contributed by atoms with E-state index in [4.69, 9.17) is 9.47 Å². The first-order chi connectivity index (χ1) is 13.9. The number of hydrazone groups is 1. The van der Waals surface area contributed by atoms with Crippen LogP contribution in [0.3, 0.4) is 0 Å². The summed E-state index contributed by atoms with van der Waals surface area (Å²) in [6, 6.07) is 10.9. The number of amides is 1. The number of phenols is 1. The minimum absolute atomic E-state index is 0.187. The molecule has 0 bridgehead atoms. The smallest absolute Gasteiger partial charge is 0.277 e. The zero-order chi connectivity index (χ0) is 22.5. The van der Waals surface area contributed by atoms with Gasteiger partial charge in [-0.05, 0) is 40.7 Å². The molecule has 6 heteroatoms. The van der Waals surface area contributed by atoms with Crippen molar-refractivity contribution in [2.24, 2.45) is 5.10 Å². The molecule has 2 N–H and O–H groups in total. The van der Waals surface area contributed by atoms with Crippen LogP contribution in [0.25, 0.3) is 0 Å². The minimum atomic E-state index is -0.386. The van der Waals surface area contributed by atoms with Crippen molar-refractivity contribution in [3.63, 3.8) is 0 Å². The Bertz CT molecular complexity index is 887. The zero-order valence-corrected chi connectivity index (χ0v) is 18.9. The molecule has 0 radical (unpaired) electrons. The Kier molecular flexibility index (Phi) is 7.13. The monoisotopic (exact) mass is 412 g/mol. The lowest BCUT2D eigenvalue weighted by Crippen LogP contribution is -2.24. The molecule has 2 rings (SSSR count). The van der Waals surface area contributed by atoms with E-state index < -0.39 is 0 Å². The molecule has 0 saturated carbocycles. The molecule has 2 aromatic carbocycles. The molecule has 162 valence electrons. The summed E-state index contributed by atoms with van der Waals surface area (Å²) in [6.07, 6.45) is 1.57. The van der Waals surface area contributed by atoms with E-state index in [-0.39, 0.29) is 23.3 Å². The number of nitrogens with zero attached hydrogens (tertiary/aromatic N) is 1. The fourth-order valence-electron chi connectivity index (χ4n) is 2.97. The minimum Gasteiger partial charge on any atom is -0.507 e. The van der Waals surface area contributed by atoms with Crippen LogP contribution in [-0.2, 0) is 15.6 Å². The molecular weight excluding hydrogens is 380 g/mol. The van der Waals surface area contributed by atoms with Crippen molar-refractivity contribution in [2.45, 2.75) is 52.4 Å². The lowest BCUT2D eigenvalue weighted by Gasteiger charge is -2.27. The second kappa shape index (κ2) is 9.20. The average molecular weight is 413 g/mol. The Labute approximate surface area is 178 Å². The van der Waals surface area contributed by atoms with Crippen LogP contribution < -0.4 is 14.9 Å². The molecule has 0 atom stereocenters. The molecule has 0 aliphatic heterocycles. The molecule has 0 spiro atoms. The molecule has 0 unspecified atom stereocenters. The highest BCUT2D eigenvalue weighted by Gasteiger charge is 2.26. The van der Waals surface area contributed by atoms with Crippen molar-refractivity contribution >= 4 is 12.1 Å². The SMILES string of the molecule is COc1ccccc1OCC(=O)N/N=C/c1cc(C(C)(C)C)c(O)c(C(C)(C)C)c1. The summed E-state index contributed by atoms with van der Waals surface area (Å²) in [5, 5.41) is 14.8. The zero-order valence-electron chi connectivity index (χ0n) is 18.9. The van der Waals surface area contributed by atoms with Crippen molar-refractivity contribution < 1.29 is 19.4 Å². The third-order valence-corrected chi connectivity index (χ3v) is 4.58. The highest BCUT2D eigenvalue weighted by atomic mass is 16.5. The standard InChI is InChI=1S/C24H32N2O4/c1-23(2,3)17-12-16(13-18(22(17)28)24(4,5)6)14-25-26-21(27)15-30-20-11-9-8-10-19(20)29-7/h8-14,28H,15H2,1-7H3,(H,26,27)/b25-14+. The van der Waals surface area contributed by atoms with Gasteiger partial charge in [-0.3, -0.25) is 4.79 Å². The number of carbonyl (C=O) groups is 1. The Hall–Kier alpha value is -3.02. The van der Waals surface area contributed by atoms with Gasteiger partial charge in [0, 0.05) is 11.1 Å². The van der Waals surface area contributed by atoms with E-state index in [1.807, 2.05) is 59.7 Å². The number of rotatable bonds is 6. The second-order valence-electron chi connectivity index (χ2n) is 9.20. The highest BCUT2D eigenvalue weighted by molar-refractivity contribution is 5.84. The molecule has 0 aliphatic rings. The summed E-state index contributed by atoms with van der Waals surface area (Å²) in [6.45, 7) is 12.1. The third kappa shape index (κ3) is 5.99. The van der Waals surface area contributed by atoms with Gasteiger partial charge in [0.25, 0.3) is 5.91 Å². The number of hydrogen-bond acceptors (Lipinski definition) is 5. The summed E-state index contributed by atoms with van der Waals surface area (Å²) in [5.41, 5.74) is 4.47. The van der Waals surface area contributed by atoms with Crippen LogP contribution in [0.2, 0.25) is 0 Å². The van der Waals surface area contributed by atoms with Crippen LogP contribution in [0, 0.1) is 0 Å². The first-order valence-corrected chi connectivity index (χ1v) is 9.89. The molecule has 0 aliphatic carbocycles. The number of aromatic hydroxyl groups is 1. The lowest BCUT2D eigenvalue weighted by atomic mass is 9.78. The summed E-state index contributed by atoms with van der Waals surface area (Å²) in [4.78, 5) is 12.1. The van der Waals surface area contributed by atoms with E-state index in [1.165, 1.54) is 0 Å². The number of carbonyl (C=O) groups excluding carboxylic acids is 1. The highest BCUT2D eigenvalue weighted by Crippen LogP contribution is 2.39. The maximum absolute atomic E-state index is 12.1. The first-order valence-electron chi connectivity index (χ1n) is 9.89. The Morgan fingerprint density at radius 2 is 1.57 bits per heavy atom. The van der Waals surface area contributed by atoms with E-state index in [2.05, 4.69) is 10.5 Å². The van der Waals surface area contributed by atoms with E-state index in [0.717, 1.165) is 16.7 Å². The quantitative estimate of drug-likeness (QED) is 0.540. The van der Waals surface area contributed by atoms with Gasteiger partial charge < -0.3 is 14.6 Å². The van der Waals surface area contributed by atoms with Gasteiger partial charge in [-0.15, -0.1) is 0 Å². The third-order valence-electron chi connectivity index (χ3n) is 4.58.